The van der Waals surface area contributed by atoms with Crippen molar-refractivity contribution < 1.29 is 9.59 Å². The molecule has 1 unspecified atom stereocenters. The molecule has 1 fully saturated rings. The molecule has 1 saturated heterocycles. The Morgan fingerprint density at radius 3 is 2.52 bits per heavy atom. The predicted octanol–water partition coefficient (Wildman–Crippen LogP) is 4.45. The van der Waals surface area contributed by atoms with Crippen LogP contribution in [0.2, 0.25) is 0 Å². The van der Waals surface area contributed by atoms with E-state index in [1.165, 1.54) is 0 Å². The Hall–Kier alpha value is -2.27. The van der Waals surface area contributed by atoms with Gasteiger partial charge in [0.1, 0.15) is 5.37 Å². The average Bonchev–Trinajstić information content (AvgIpc) is 2.96. The van der Waals surface area contributed by atoms with Gasteiger partial charge in [0, 0.05) is 16.8 Å². The Morgan fingerprint density at radius 1 is 1.12 bits per heavy atom. The molecule has 2 aromatic carbocycles. The van der Waals surface area contributed by atoms with Crippen molar-refractivity contribution in [3.63, 3.8) is 0 Å². The topological polar surface area (TPSA) is 49.4 Å². The van der Waals surface area contributed by atoms with Gasteiger partial charge in [-0.25, -0.2) is 0 Å². The van der Waals surface area contributed by atoms with Crippen LogP contribution < -0.4 is 10.2 Å². The van der Waals surface area contributed by atoms with Crippen LogP contribution in [0.15, 0.2) is 54.6 Å². The number of thioether (sulfide) groups is 1. The zero-order valence-corrected chi connectivity index (χ0v) is 15.5. The summed E-state index contributed by atoms with van der Waals surface area (Å²) in [7, 11) is 0. The molecule has 0 bridgehead atoms. The second-order valence-corrected chi connectivity index (χ2v) is 8.16. The van der Waals surface area contributed by atoms with Gasteiger partial charge in [-0.3, -0.25) is 14.5 Å². The number of hydrogen-bond acceptors (Lipinski definition) is 3. The summed E-state index contributed by atoms with van der Waals surface area (Å²) in [6.45, 7) is 5.65. The molecule has 130 valence electrons. The molecule has 1 aliphatic rings. The van der Waals surface area contributed by atoms with Gasteiger partial charge >= 0.3 is 0 Å². The summed E-state index contributed by atoms with van der Waals surface area (Å²) in [5.74, 6) is 0.531. The van der Waals surface area contributed by atoms with Gasteiger partial charge in [0.25, 0.3) is 0 Å². The minimum atomic E-state index is -0.454. The van der Waals surface area contributed by atoms with E-state index in [0.29, 0.717) is 5.75 Å². The lowest BCUT2D eigenvalue weighted by Gasteiger charge is -2.25. The standard InChI is InChI=1S/C20H22N2O2S/c1-20(2,3)19(24)21-15-9-7-8-14(12-15)18-22(17(23)13-25-18)16-10-5-4-6-11-16/h4-12,18H,13H2,1-3H3,(H,21,24). The van der Waals surface area contributed by atoms with Crippen LogP contribution in [0.4, 0.5) is 11.4 Å². The van der Waals surface area contributed by atoms with Gasteiger partial charge in [-0.2, -0.15) is 0 Å². The smallest absolute Gasteiger partial charge is 0.238 e. The molecule has 1 heterocycles. The number of amides is 2. The van der Waals surface area contributed by atoms with Crippen LogP contribution in [-0.4, -0.2) is 17.6 Å². The second-order valence-electron chi connectivity index (χ2n) is 7.09. The number of anilines is 2. The molecular weight excluding hydrogens is 332 g/mol. The molecule has 0 saturated carbocycles. The highest BCUT2D eigenvalue weighted by Gasteiger charge is 2.34. The number of para-hydroxylation sites is 1. The third-order valence-electron chi connectivity index (χ3n) is 4.01. The van der Waals surface area contributed by atoms with Crippen molar-refractivity contribution in [2.45, 2.75) is 26.1 Å². The maximum Gasteiger partial charge on any atom is 0.238 e. The van der Waals surface area contributed by atoms with Crippen LogP contribution in [0.3, 0.4) is 0 Å². The maximum atomic E-state index is 12.4. The molecule has 1 aliphatic heterocycles. The van der Waals surface area contributed by atoms with Crippen LogP contribution in [0, 0.1) is 5.41 Å². The Balaban J connectivity index is 1.87. The Bertz CT molecular complexity index is 784. The summed E-state index contributed by atoms with van der Waals surface area (Å²) in [6, 6.07) is 17.4. The lowest BCUT2D eigenvalue weighted by molar-refractivity contribution is -0.123. The number of nitrogens with one attached hydrogen (secondary N) is 1. The predicted molar refractivity (Wildman–Crippen MR) is 104 cm³/mol. The molecule has 4 nitrogen and oxygen atoms in total. The zero-order valence-electron chi connectivity index (χ0n) is 14.7. The first-order valence-electron chi connectivity index (χ1n) is 8.26. The van der Waals surface area contributed by atoms with Gasteiger partial charge in [-0.05, 0) is 29.8 Å². The summed E-state index contributed by atoms with van der Waals surface area (Å²) < 4.78 is 0. The summed E-state index contributed by atoms with van der Waals surface area (Å²) in [5, 5.41) is 2.88. The van der Waals surface area contributed by atoms with Crippen molar-refractivity contribution in [3.05, 3.63) is 60.2 Å². The number of carbonyl (C=O) groups is 2. The van der Waals surface area contributed by atoms with E-state index in [2.05, 4.69) is 5.32 Å². The van der Waals surface area contributed by atoms with Gasteiger partial charge in [-0.1, -0.05) is 51.1 Å². The molecule has 3 rings (SSSR count). The summed E-state index contributed by atoms with van der Waals surface area (Å²) in [5.41, 5.74) is 2.20. The van der Waals surface area contributed by atoms with E-state index in [4.69, 9.17) is 0 Å². The van der Waals surface area contributed by atoms with Crippen molar-refractivity contribution >= 4 is 35.0 Å². The SMILES string of the molecule is CC(C)(C)C(=O)Nc1cccc(C2SCC(=O)N2c2ccccc2)c1. The first kappa shape index (κ1) is 17.5. The van der Waals surface area contributed by atoms with Crippen molar-refractivity contribution in [1.82, 2.24) is 0 Å². The Morgan fingerprint density at radius 2 is 1.84 bits per heavy atom. The van der Waals surface area contributed by atoms with Gasteiger partial charge < -0.3 is 5.32 Å². The van der Waals surface area contributed by atoms with Gasteiger partial charge in [0.05, 0.1) is 5.75 Å². The van der Waals surface area contributed by atoms with E-state index in [0.717, 1.165) is 16.9 Å². The molecule has 0 aliphatic carbocycles. The maximum absolute atomic E-state index is 12.4. The first-order chi connectivity index (χ1) is 11.9. The molecule has 1 N–H and O–H groups in total. The van der Waals surface area contributed by atoms with Gasteiger partial charge in [0.15, 0.2) is 0 Å². The molecule has 0 spiro atoms. The minimum absolute atomic E-state index is 0.0280. The van der Waals surface area contributed by atoms with Crippen molar-refractivity contribution in [2.75, 3.05) is 16.0 Å². The largest absolute Gasteiger partial charge is 0.326 e. The van der Waals surface area contributed by atoms with Crippen molar-refractivity contribution in [3.8, 4) is 0 Å². The average molecular weight is 354 g/mol. The fraction of sp³-hybridized carbons (Fsp3) is 0.300. The number of benzene rings is 2. The normalized spacial score (nSPS) is 17.6. The molecule has 1 atom stereocenters. The number of rotatable bonds is 3. The molecule has 2 aromatic rings. The van der Waals surface area contributed by atoms with E-state index in [-0.39, 0.29) is 17.2 Å². The molecule has 0 radical (unpaired) electrons. The molecule has 5 heteroatoms. The Labute approximate surface area is 152 Å². The number of carbonyl (C=O) groups excluding carboxylic acids is 2. The van der Waals surface area contributed by atoms with E-state index >= 15 is 0 Å². The summed E-state index contributed by atoms with van der Waals surface area (Å²) >= 11 is 1.60. The monoisotopic (exact) mass is 354 g/mol. The quantitative estimate of drug-likeness (QED) is 0.886. The van der Waals surface area contributed by atoms with Crippen LogP contribution in [0.5, 0.6) is 0 Å². The third kappa shape index (κ3) is 3.87. The van der Waals surface area contributed by atoms with E-state index in [1.54, 1.807) is 11.8 Å². The molecule has 25 heavy (non-hydrogen) atoms. The van der Waals surface area contributed by atoms with Crippen LogP contribution >= 0.6 is 11.8 Å². The Kier molecular flexibility index (Phi) is 4.86. The van der Waals surface area contributed by atoms with Crippen LogP contribution in [-0.2, 0) is 9.59 Å². The highest BCUT2D eigenvalue weighted by Crippen LogP contribution is 2.42. The van der Waals surface area contributed by atoms with Crippen LogP contribution in [0.25, 0.3) is 0 Å². The number of hydrogen-bond donors (Lipinski definition) is 1. The van der Waals surface area contributed by atoms with E-state index in [9.17, 15) is 9.59 Å². The minimum Gasteiger partial charge on any atom is -0.326 e. The lowest BCUT2D eigenvalue weighted by Crippen LogP contribution is -2.28. The number of nitrogens with zero attached hydrogens (tertiary/aromatic N) is 1. The summed E-state index contributed by atoms with van der Waals surface area (Å²) in [6.07, 6.45) is 0. The van der Waals surface area contributed by atoms with E-state index < -0.39 is 5.41 Å². The zero-order chi connectivity index (χ0) is 18.0. The van der Waals surface area contributed by atoms with Crippen molar-refractivity contribution in [2.24, 2.45) is 5.41 Å². The van der Waals surface area contributed by atoms with Crippen molar-refractivity contribution in [1.29, 1.82) is 0 Å². The van der Waals surface area contributed by atoms with Gasteiger partial charge in [-0.15, -0.1) is 11.8 Å². The summed E-state index contributed by atoms with van der Waals surface area (Å²) in [4.78, 5) is 26.4. The molecule has 2 amide bonds. The lowest BCUT2D eigenvalue weighted by atomic mass is 9.95. The van der Waals surface area contributed by atoms with Gasteiger partial charge in [0.2, 0.25) is 11.8 Å². The second kappa shape index (κ2) is 6.92. The fourth-order valence-electron chi connectivity index (χ4n) is 2.63. The highest BCUT2D eigenvalue weighted by atomic mass is 32.2. The first-order valence-corrected chi connectivity index (χ1v) is 9.31. The molecule has 0 aromatic heterocycles. The van der Waals surface area contributed by atoms with E-state index in [1.807, 2.05) is 80.3 Å². The van der Waals surface area contributed by atoms with Crippen LogP contribution in [0.1, 0.15) is 31.7 Å². The highest BCUT2D eigenvalue weighted by molar-refractivity contribution is 8.00. The molecular formula is C20H22N2O2S. The third-order valence-corrected chi connectivity index (χ3v) is 5.23. The fourth-order valence-corrected chi connectivity index (χ4v) is 3.79.